The molecule has 48 heavy (non-hydrogen) atoms. The summed E-state index contributed by atoms with van der Waals surface area (Å²) in [6.07, 6.45) is 0. The molecule has 5 nitrogen and oxygen atoms in total. The van der Waals surface area contributed by atoms with Crippen molar-refractivity contribution in [3.05, 3.63) is 176 Å². The lowest BCUT2D eigenvalue weighted by Gasteiger charge is -2.29. The van der Waals surface area contributed by atoms with E-state index in [4.69, 9.17) is 13.8 Å². The van der Waals surface area contributed by atoms with Crippen LogP contribution in [-0.2, 0) is 0 Å². The predicted octanol–water partition coefficient (Wildman–Crippen LogP) is 12.3. The molecule has 0 fully saturated rings. The van der Waals surface area contributed by atoms with Crippen molar-refractivity contribution in [1.29, 1.82) is 0 Å². The molecule has 0 aliphatic heterocycles. The minimum Gasteiger partial charge on any atom is -0.456 e. The van der Waals surface area contributed by atoms with Crippen LogP contribution >= 0.6 is 0 Å². The van der Waals surface area contributed by atoms with Gasteiger partial charge in [-0.1, -0.05) is 91.0 Å². The molecule has 0 N–H and O–H groups in total. The van der Waals surface area contributed by atoms with Crippen LogP contribution in [0.1, 0.15) is 0 Å². The fraction of sp³-hybridized carbons (Fsp3) is 0. The average Bonchev–Trinajstić information content (AvgIpc) is 3.75. The fourth-order valence-corrected chi connectivity index (χ4v) is 6.46. The molecule has 0 saturated heterocycles. The standard InChI is InChI=1S/C43H29N3O2/c1-5-15-30(16-6-1)43-44-42-38(46(32-19-9-3-10-20-32)33-21-11-4-12-22-33)27-35(29-41(42)48-43)45(31-17-7-2-8-18-31)34-25-26-37-36-23-13-14-24-39(36)47-40(37)28-34/h1-29H. The quantitative estimate of drug-likeness (QED) is 0.178. The van der Waals surface area contributed by atoms with E-state index >= 15 is 0 Å². The summed E-state index contributed by atoms with van der Waals surface area (Å²) in [6, 6.07) is 60.1. The third kappa shape index (κ3) is 4.86. The molecule has 0 unspecified atom stereocenters. The first-order chi connectivity index (χ1) is 23.8. The van der Waals surface area contributed by atoms with Crippen molar-refractivity contribution in [3.63, 3.8) is 0 Å². The van der Waals surface area contributed by atoms with Crippen LogP contribution in [0.5, 0.6) is 0 Å². The van der Waals surface area contributed by atoms with Crippen LogP contribution in [-0.4, -0.2) is 4.98 Å². The van der Waals surface area contributed by atoms with Gasteiger partial charge in [-0.25, -0.2) is 4.98 Å². The van der Waals surface area contributed by atoms with Crippen LogP contribution in [0.4, 0.5) is 34.1 Å². The first-order valence-electron chi connectivity index (χ1n) is 16.0. The van der Waals surface area contributed by atoms with Crippen molar-refractivity contribution in [2.45, 2.75) is 0 Å². The minimum atomic E-state index is 0.569. The molecular weight excluding hydrogens is 590 g/mol. The van der Waals surface area contributed by atoms with Gasteiger partial charge in [0.25, 0.3) is 0 Å². The highest BCUT2D eigenvalue weighted by Gasteiger charge is 2.24. The van der Waals surface area contributed by atoms with Gasteiger partial charge >= 0.3 is 0 Å². The minimum absolute atomic E-state index is 0.569. The molecule has 0 spiro atoms. The van der Waals surface area contributed by atoms with Gasteiger partial charge in [-0.05, 0) is 72.8 Å². The summed E-state index contributed by atoms with van der Waals surface area (Å²) >= 11 is 0. The normalized spacial score (nSPS) is 11.3. The number of aromatic nitrogens is 1. The molecule has 9 rings (SSSR count). The van der Waals surface area contributed by atoms with Crippen LogP contribution < -0.4 is 9.80 Å². The van der Waals surface area contributed by atoms with Gasteiger partial charge in [0.1, 0.15) is 16.7 Å². The van der Waals surface area contributed by atoms with Gasteiger partial charge in [0.05, 0.1) is 11.4 Å². The highest BCUT2D eigenvalue weighted by atomic mass is 16.3. The molecule has 0 bridgehead atoms. The van der Waals surface area contributed by atoms with E-state index in [2.05, 4.69) is 119 Å². The number of nitrogens with zero attached hydrogens (tertiary/aromatic N) is 3. The van der Waals surface area contributed by atoms with Crippen LogP contribution in [0.2, 0.25) is 0 Å². The molecule has 0 aliphatic rings. The maximum Gasteiger partial charge on any atom is 0.227 e. The molecule has 5 heteroatoms. The predicted molar refractivity (Wildman–Crippen MR) is 196 cm³/mol. The number of anilines is 6. The molecule has 7 aromatic carbocycles. The Kier molecular flexibility index (Phi) is 6.72. The Bertz CT molecular complexity index is 2470. The summed E-state index contributed by atoms with van der Waals surface area (Å²) in [4.78, 5) is 9.61. The highest BCUT2D eigenvalue weighted by molar-refractivity contribution is 6.06. The van der Waals surface area contributed by atoms with Crippen molar-refractivity contribution >= 4 is 67.2 Å². The number of rotatable bonds is 7. The highest BCUT2D eigenvalue weighted by Crippen LogP contribution is 2.45. The molecule has 2 heterocycles. The molecule has 0 aliphatic carbocycles. The number of oxazole rings is 1. The van der Waals surface area contributed by atoms with Crippen LogP contribution in [0.3, 0.4) is 0 Å². The largest absolute Gasteiger partial charge is 0.456 e. The maximum absolute atomic E-state index is 6.61. The Morgan fingerprint density at radius 1 is 0.375 bits per heavy atom. The van der Waals surface area contributed by atoms with Crippen molar-refractivity contribution in [2.75, 3.05) is 9.80 Å². The van der Waals surface area contributed by atoms with Crippen molar-refractivity contribution in [3.8, 4) is 11.5 Å². The molecule has 228 valence electrons. The van der Waals surface area contributed by atoms with Gasteiger partial charge in [0.2, 0.25) is 5.89 Å². The van der Waals surface area contributed by atoms with E-state index in [0.29, 0.717) is 11.5 Å². The van der Waals surface area contributed by atoms with Crippen LogP contribution in [0.25, 0.3) is 44.5 Å². The topological polar surface area (TPSA) is 45.7 Å². The van der Waals surface area contributed by atoms with Gasteiger partial charge in [-0.15, -0.1) is 0 Å². The zero-order valence-electron chi connectivity index (χ0n) is 25.9. The van der Waals surface area contributed by atoms with Gasteiger partial charge in [-0.3, -0.25) is 0 Å². The third-order valence-corrected chi connectivity index (χ3v) is 8.64. The summed E-state index contributed by atoms with van der Waals surface area (Å²) < 4.78 is 13.0. The number of furan rings is 1. The summed E-state index contributed by atoms with van der Waals surface area (Å²) in [7, 11) is 0. The van der Waals surface area contributed by atoms with E-state index in [1.165, 1.54) is 0 Å². The molecular formula is C43H29N3O2. The lowest BCUT2D eigenvalue weighted by atomic mass is 10.1. The van der Waals surface area contributed by atoms with E-state index in [1.807, 2.05) is 66.7 Å². The maximum atomic E-state index is 6.61. The van der Waals surface area contributed by atoms with Crippen molar-refractivity contribution < 1.29 is 8.83 Å². The molecule has 0 atom stereocenters. The molecule has 0 saturated carbocycles. The van der Waals surface area contributed by atoms with E-state index in [-0.39, 0.29) is 0 Å². The zero-order valence-corrected chi connectivity index (χ0v) is 25.9. The smallest absolute Gasteiger partial charge is 0.227 e. The second-order valence-corrected chi connectivity index (χ2v) is 11.7. The second kappa shape index (κ2) is 11.6. The van der Waals surface area contributed by atoms with Gasteiger partial charge in [0, 0.05) is 51.2 Å². The lowest BCUT2D eigenvalue weighted by Crippen LogP contribution is -2.13. The first kappa shape index (κ1) is 27.7. The number of para-hydroxylation sites is 4. The second-order valence-electron chi connectivity index (χ2n) is 11.7. The monoisotopic (exact) mass is 619 g/mol. The van der Waals surface area contributed by atoms with Gasteiger partial charge < -0.3 is 18.6 Å². The summed E-state index contributed by atoms with van der Waals surface area (Å²) in [6.45, 7) is 0. The molecule has 9 aromatic rings. The van der Waals surface area contributed by atoms with E-state index in [1.54, 1.807) is 0 Å². The number of fused-ring (bicyclic) bond motifs is 4. The van der Waals surface area contributed by atoms with Gasteiger partial charge in [-0.2, -0.15) is 0 Å². The number of hydrogen-bond acceptors (Lipinski definition) is 5. The average molecular weight is 620 g/mol. The molecule has 0 radical (unpaired) electrons. The van der Waals surface area contributed by atoms with Crippen LogP contribution in [0.15, 0.2) is 185 Å². The number of hydrogen-bond donors (Lipinski definition) is 0. The Morgan fingerprint density at radius 3 is 1.58 bits per heavy atom. The van der Waals surface area contributed by atoms with E-state index in [9.17, 15) is 0 Å². The summed E-state index contributed by atoms with van der Waals surface area (Å²) in [5.74, 6) is 0.569. The molecule has 0 amide bonds. The van der Waals surface area contributed by atoms with Gasteiger partial charge in [0.15, 0.2) is 5.58 Å². The summed E-state index contributed by atoms with van der Waals surface area (Å²) in [5.41, 5.74) is 9.90. The zero-order chi connectivity index (χ0) is 31.9. The first-order valence-corrected chi connectivity index (χ1v) is 16.0. The number of benzene rings is 7. The Hall–Kier alpha value is -6.59. The fourth-order valence-electron chi connectivity index (χ4n) is 6.46. The van der Waals surface area contributed by atoms with Crippen molar-refractivity contribution in [2.24, 2.45) is 0 Å². The molecule has 2 aromatic heterocycles. The SMILES string of the molecule is c1ccc(-c2nc3c(N(c4ccccc4)c4ccccc4)cc(N(c4ccccc4)c4ccc5c(c4)oc4ccccc45)cc3o2)cc1. The lowest BCUT2D eigenvalue weighted by molar-refractivity contribution is 0.620. The van der Waals surface area contributed by atoms with Crippen molar-refractivity contribution in [1.82, 2.24) is 4.98 Å². The Morgan fingerprint density at radius 2 is 0.917 bits per heavy atom. The Labute approximate surface area is 277 Å². The summed E-state index contributed by atoms with van der Waals surface area (Å²) in [5, 5.41) is 2.19. The van der Waals surface area contributed by atoms with Crippen LogP contribution in [0, 0.1) is 0 Å². The Balaban J connectivity index is 1.32. The van der Waals surface area contributed by atoms with E-state index < -0.39 is 0 Å². The third-order valence-electron chi connectivity index (χ3n) is 8.64. The van der Waals surface area contributed by atoms with E-state index in [0.717, 1.165) is 67.1 Å².